The van der Waals surface area contributed by atoms with Crippen LogP contribution in [-0.2, 0) is 6.42 Å². The van der Waals surface area contributed by atoms with Crippen molar-refractivity contribution in [2.24, 2.45) is 17.6 Å². The van der Waals surface area contributed by atoms with Crippen LogP contribution in [-0.4, -0.2) is 26.7 Å². The molecular formula is C26H35N5S. The van der Waals surface area contributed by atoms with Gasteiger partial charge in [-0.3, -0.25) is 0 Å². The van der Waals surface area contributed by atoms with Gasteiger partial charge >= 0.3 is 0 Å². The number of rotatable bonds is 9. The average molecular weight is 450 g/mol. The Morgan fingerprint density at radius 1 is 1.06 bits per heavy atom. The number of hydrogen-bond acceptors (Lipinski definition) is 5. The van der Waals surface area contributed by atoms with Crippen LogP contribution in [0.3, 0.4) is 0 Å². The van der Waals surface area contributed by atoms with E-state index in [4.69, 9.17) is 15.8 Å². The number of thiophene rings is 1. The van der Waals surface area contributed by atoms with Crippen molar-refractivity contribution in [3.63, 3.8) is 0 Å². The largest absolute Gasteiger partial charge is 0.366 e. The monoisotopic (exact) mass is 449 g/mol. The van der Waals surface area contributed by atoms with Crippen LogP contribution in [0, 0.1) is 11.8 Å². The number of nitrogens with two attached hydrogens (primary N) is 1. The minimum absolute atomic E-state index is 0.164. The van der Waals surface area contributed by atoms with Crippen LogP contribution in [0.25, 0.3) is 26.3 Å². The van der Waals surface area contributed by atoms with Gasteiger partial charge in [0.2, 0.25) is 0 Å². The fraction of sp³-hybridized carbons (Fsp3) is 0.462. The van der Waals surface area contributed by atoms with E-state index < -0.39 is 0 Å². The van der Waals surface area contributed by atoms with E-state index in [1.165, 1.54) is 15.0 Å². The summed E-state index contributed by atoms with van der Waals surface area (Å²) < 4.78 is 3.31. The Bertz CT molecular complexity index is 1160. The Labute approximate surface area is 195 Å². The summed E-state index contributed by atoms with van der Waals surface area (Å²) in [7, 11) is 0. The first kappa shape index (κ1) is 22.7. The number of anilines is 1. The molecule has 4 rings (SSSR count). The van der Waals surface area contributed by atoms with Crippen LogP contribution >= 0.6 is 11.3 Å². The molecule has 170 valence electrons. The normalized spacial score (nSPS) is 14.8. The van der Waals surface area contributed by atoms with Crippen molar-refractivity contribution >= 4 is 32.9 Å². The second-order valence-electron chi connectivity index (χ2n) is 9.20. The number of nitrogens with zero attached hydrogens (tertiary/aromatic N) is 3. The lowest BCUT2D eigenvalue weighted by atomic mass is 9.94. The predicted octanol–water partition coefficient (Wildman–Crippen LogP) is 6.37. The van der Waals surface area contributed by atoms with Crippen LogP contribution in [0.2, 0.25) is 0 Å². The van der Waals surface area contributed by atoms with E-state index in [1.807, 2.05) is 10.6 Å². The summed E-state index contributed by atoms with van der Waals surface area (Å²) in [6, 6.07) is 15.5. The van der Waals surface area contributed by atoms with E-state index in [2.05, 4.69) is 76.3 Å². The van der Waals surface area contributed by atoms with Gasteiger partial charge < -0.3 is 11.1 Å². The highest BCUT2D eigenvalue weighted by Crippen LogP contribution is 2.36. The van der Waals surface area contributed by atoms with Crippen LogP contribution < -0.4 is 11.1 Å². The molecule has 3 aromatic heterocycles. The number of nitrogens with one attached hydrogen (secondary N) is 1. The van der Waals surface area contributed by atoms with Crippen molar-refractivity contribution in [2.75, 3.05) is 5.32 Å². The molecule has 4 aromatic rings. The topological polar surface area (TPSA) is 68.2 Å². The molecule has 3 unspecified atom stereocenters. The predicted molar refractivity (Wildman–Crippen MR) is 137 cm³/mol. The van der Waals surface area contributed by atoms with E-state index in [-0.39, 0.29) is 6.04 Å². The van der Waals surface area contributed by atoms with E-state index >= 15 is 0 Å². The molecule has 1 aromatic carbocycles. The molecule has 6 heteroatoms. The van der Waals surface area contributed by atoms with Gasteiger partial charge in [0.05, 0.1) is 10.6 Å². The fourth-order valence-corrected chi connectivity index (χ4v) is 5.45. The van der Waals surface area contributed by atoms with Gasteiger partial charge in [0.25, 0.3) is 0 Å². The highest BCUT2D eigenvalue weighted by Gasteiger charge is 2.22. The third-order valence-electron chi connectivity index (χ3n) is 6.50. The molecule has 0 aliphatic rings. The third-order valence-corrected chi connectivity index (χ3v) is 7.63. The fourth-order valence-electron chi connectivity index (χ4n) is 4.33. The summed E-state index contributed by atoms with van der Waals surface area (Å²) in [6.45, 7) is 11.1. The molecule has 0 aliphatic carbocycles. The van der Waals surface area contributed by atoms with Crippen LogP contribution in [0.4, 0.5) is 5.82 Å². The van der Waals surface area contributed by atoms with Crippen molar-refractivity contribution in [3.8, 4) is 10.6 Å². The van der Waals surface area contributed by atoms with Gasteiger partial charge in [0, 0.05) is 16.8 Å². The SMILES string of the molecule is CCC(N)C(C)Cc1nc2ccc(NC(CC)C(C)C)nn2c1-c1cc2ccccc2s1. The molecule has 0 fully saturated rings. The number of imidazole rings is 1. The van der Waals surface area contributed by atoms with Crippen LogP contribution in [0.5, 0.6) is 0 Å². The lowest BCUT2D eigenvalue weighted by molar-refractivity contribution is 0.439. The maximum atomic E-state index is 6.37. The molecule has 0 amide bonds. The van der Waals surface area contributed by atoms with Gasteiger partial charge in [-0.15, -0.1) is 16.4 Å². The first-order valence-electron chi connectivity index (χ1n) is 11.8. The number of fused-ring (bicyclic) bond motifs is 2. The van der Waals surface area contributed by atoms with Gasteiger partial charge in [0.1, 0.15) is 11.5 Å². The summed E-state index contributed by atoms with van der Waals surface area (Å²) in [6.07, 6.45) is 2.86. The van der Waals surface area contributed by atoms with Gasteiger partial charge in [-0.2, -0.15) is 0 Å². The lowest BCUT2D eigenvalue weighted by Gasteiger charge is -2.21. The number of benzene rings is 1. The Balaban J connectivity index is 1.83. The molecule has 0 aliphatic heterocycles. The molecular weight excluding hydrogens is 414 g/mol. The third kappa shape index (κ3) is 4.52. The van der Waals surface area contributed by atoms with Crippen LogP contribution in [0.1, 0.15) is 53.2 Å². The summed E-state index contributed by atoms with van der Waals surface area (Å²) in [5.41, 5.74) is 9.43. The Hall–Kier alpha value is -2.44. The zero-order valence-electron chi connectivity index (χ0n) is 19.8. The molecule has 0 bridgehead atoms. The smallest absolute Gasteiger partial charge is 0.154 e. The second kappa shape index (κ2) is 9.59. The van der Waals surface area contributed by atoms with Crippen molar-refractivity contribution < 1.29 is 0 Å². The standard InChI is InChI=1S/C26H35N5S/c1-6-19(27)17(5)14-21-26(23-15-18-10-8-9-11-22(18)32-23)31-25(29-21)13-12-24(30-31)28-20(7-2)16(3)4/h8-13,15-17,19-20H,6-7,14,27H2,1-5H3,(H,28,30). The highest BCUT2D eigenvalue weighted by molar-refractivity contribution is 7.22. The van der Waals surface area contributed by atoms with Gasteiger partial charge in [-0.1, -0.05) is 52.8 Å². The minimum Gasteiger partial charge on any atom is -0.366 e. The molecule has 0 saturated heterocycles. The van der Waals surface area contributed by atoms with Crippen LogP contribution in [0.15, 0.2) is 42.5 Å². The van der Waals surface area contributed by atoms with E-state index in [9.17, 15) is 0 Å². The lowest BCUT2D eigenvalue weighted by Crippen LogP contribution is -2.28. The van der Waals surface area contributed by atoms with E-state index in [0.717, 1.165) is 42.1 Å². The molecule has 0 spiro atoms. The summed E-state index contributed by atoms with van der Waals surface area (Å²) >= 11 is 1.80. The van der Waals surface area contributed by atoms with Crippen molar-refractivity contribution in [1.29, 1.82) is 0 Å². The summed E-state index contributed by atoms with van der Waals surface area (Å²) in [4.78, 5) is 6.22. The molecule has 0 saturated carbocycles. The average Bonchev–Trinajstić information content (AvgIpc) is 3.36. The van der Waals surface area contributed by atoms with E-state index in [1.54, 1.807) is 11.3 Å². The zero-order chi connectivity index (χ0) is 22.8. The Morgan fingerprint density at radius 2 is 1.84 bits per heavy atom. The molecule has 3 heterocycles. The zero-order valence-corrected chi connectivity index (χ0v) is 20.6. The van der Waals surface area contributed by atoms with Gasteiger partial charge in [0.15, 0.2) is 5.65 Å². The molecule has 32 heavy (non-hydrogen) atoms. The van der Waals surface area contributed by atoms with E-state index in [0.29, 0.717) is 17.9 Å². The van der Waals surface area contributed by atoms with Crippen molar-refractivity contribution in [2.45, 2.75) is 66.0 Å². The van der Waals surface area contributed by atoms with Gasteiger partial charge in [-0.05, 0) is 60.7 Å². The Morgan fingerprint density at radius 3 is 2.53 bits per heavy atom. The minimum atomic E-state index is 0.164. The van der Waals surface area contributed by atoms with Crippen molar-refractivity contribution in [3.05, 3.63) is 48.2 Å². The first-order chi connectivity index (χ1) is 15.4. The first-order valence-corrected chi connectivity index (χ1v) is 12.6. The molecule has 3 N–H and O–H groups in total. The highest BCUT2D eigenvalue weighted by atomic mass is 32.1. The molecule has 3 atom stereocenters. The number of aromatic nitrogens is 3. The maximum absolute atomic E-state index is 6.37. The second-order valence-corrected chi connectivity index (χ2v) is 10.3. The Kier molecular flexibility index (Phi) is 6.82. The summed E-state index contributed by atoms with van der Waals surface area (Å²) in [5.74, 6) is 1.78. The number of hydrogen-bond donors (Lipinski definition) is 2. The molecule has 0 radical (unpaired) electrons. The summed E-state index contributed by atoms with van der Waals surface area (Å²) in [5, 5.41) is 9.89. The molecule has 5 nitrogen and oxygen atoms in total. The van der Waals surface area contributed by atoms with Gasteiger partial charge in [-0.25, -0.2) is 9.50 Å². The van der Waals surface area contributed by atoms with Crippen molar-refractivity contribution in [1.82, 2.24) is 14.6 Å². The maximum Gasteiger partial charge on any atom is 0.154 e. The quantitative estimate of drug-likeness (QED) is 0.311.